The van der Waals surface area contributed by atoms with E-state index in [0.29, 0.717) is 18.7 Å². The largest absolute Gasteiger partial charge is 0.391 e. The van der Waals surface area contributed by atoms with Crippen molar-refractivity contribution in [3.63, 3.8) is 0 Å². The first-order valence-electron chi connectivity index (χ1n) is 4.77. The van der Waals surface area contributed by atoms with Gasteiger partial charge in [-0.3, -0.25) is 4.79 Å². The summed E-state index contributed by atoms with van der Waals surface area (Å²) < 4.78 is 35.7. The Morgan fingerprint density at radius 1 is 1.40 bits per heavy atom. The molecular weight excluding hydrogens is 231 g/mol. The van der Waals surface area contributed by atoms with Crippen LogP contribution < -0.4 is 5.32 Å². The van der Waals surface area contributed by atoms with Crippen molar-refractivity contribution in [2.45, 2.75) is 44.8 Å². The van der Waals surface area contributed by atoms with Crippen LogP contribution in [0.5, 0.6) is 0 Å². The second kappa shape index (κ2) is 6.93. The highest BCUT2D eigenvalue weighted by molar-refractivity contribution is 6.17. The quantitative estimate of drug-likeness (QED) is 0.566. The molecule has 90 valence electrons. The number of carbonyl (C=O) groups excluding carboxylic acids is 1. The second-order valence-corrected chi connectivity index (χ2v) is 3.81. The highest BCUT2D eigenvalue weighted by Crippen LogP contribution is 2.21. The summed E-state index contributed by atoms with van der Waals surface area (Å²) in [7, 11) is 0. The molecule has 0 aliphatic carbocycles. The van der Waals surface area contributed by atoms with Gasteiger partial charge in [-0.1, -0.05) is 0 Å². The van der Waals surface area contributed by atoms with Crippen LogP contribution in [-0.2, 0) is 4.79 Å². The number of unbranched alkanes of at least 4 members (excludes halogenated alkanes) is 1. The van der Waals surface area contributed by atoms with Gasteiger partial charge in [0.15, 0.2) is 0 Å². The fourth-order valence-corrected chi connectivity index (χ4v) is 1.31. The van der Waals surface area contributed by atoms with Crippen molar-refractivity contribution < 1.29 is 18.0 Å². The Hall–Kier alpha value is -0.450. The lowest BCUT2D eigenvalue weighted by molar-refractivity contribution is -0.141. The highest BCUT2D eigenvalue weighted by Gasteiger charge is 2.30. The van der Waals surface area contributed by atoms with Crippen LogP contribution in [0.25, 0.3) is 0 Å². The van der Waals surface area contributed by atoms with Crippen LogP contribution >= 0.6 is 11.6 Å². The molecule has 0 spiro atoms. The van der Waals surface area contributed by atoms with Gasteiger partial charge in [0.2, 0.25) is 5.91 Å². The van der Waals surface area contributed by atoms with Crippen molar-refractivity contribution in [2.75, 3.05) is 5.88 Å². The molecule has 0 fully saturated rings. The van der Waals surface area contributed by atoms with E-state index in [4.69, 9.17) is 11.6 Å². The average molecular weight is 246 g/mol. The maximum atomic E-state index is 11.9. The molecule has 0 saturated carbocycles. The summed E-state index contributed by atoms with van der Waals surface area (Å²) in [6.07, 6.45) is -3.69. The fourth-order valence-electron chi connectivity index (χ4n) is 1.13. The predicted octanol–water partition coefficient (Wildman–Crippen LogP) is 2.85. The number of halogens is 4. The molecule has 0 aromatic rings. The van der Waals surface area contributed by atoms with Crippen LogP contribution in [0.15, 0.2) is 0 Å². The molecule has 1 unspecified atom stereocenters. The highest BCUT2D eigenvalue weighted by atomic mass is 35.5. The lowest BCUT2D eigenvalue weighted by Gasteiger charge is -2.15. The molecular formula is C9H15ClF3NO. The molecule has 0 heterocycles. The zero-order chi connectivity index (χ0) is 11.9. The topological polar surface area (TPSA) is 29.1 Å². The molecule has 15 heavy (non-hydrogen) atoms. The number of amides is 1. The first-order valence-corrected chi connectivity index (χ1v) is 5.30. The molecule has 0 radical (unpaired) electrons. The SMILES string of the molecule is CC(CC(F)(F)F)NC(=O)CCCCCl. The Balaban J connectivity index is 3.67. The number of nitrogens with one attached hydrogen (secondary N) is 1. The normalized spacial score (nSPS) is 13.7. The van der Waals surface area contributed by atoms with Crippen LogP contribution in [-0.4, -0.2) is 24.0 Å². The Bertz CT molecular complexity index is 196. The maximum absolute atomic E-state index is 11.9. The lowest BCUT2D eigenvalue weighted by Crippen LogP contribution is -2.35. The maximum Gasteiger partial charge on any atom is 0.391 e. The van der Waals surface area contributed by atoms with E-state index >= 15 is 0 Å². The first kappa shape index (κ1) is 14.6. The number of rotatable bonds is 6. The smallest absolute Gasteiger partial charge is 0.353 e. The Morgan fingerprint density at radius 3 is 2.47 bits per heavy atom. The standard InChI is InChI=1S/C9H15ClF3NO/c1-7(6-9(11,12)13)14-8(15)4-2-3-5-10/h7H,2-6H2,1H3,(H,14,15). The lowest BCUT2D eigenvalue weighted by atomic mass is 10.2. The molecule has 0 saturated heterocycles. The van der Waals surface area contributed by atoms with Gasteiger partial charge in [0.25, 0.3) is 0 Å². The van der Waals surface area contributed by atoms with Crippen LogP contribution in [0, 0.1) is 0 Å². The van der Waals surface area contributed by atoms with E-state index in [1.54, 1.807) is 0 Å². The molecule has 2 nitrogen and oxygen atoms in total. The third-order valence-electron chi connectivity index (χ3n) is 1.73. The summed E-state index contributed by atoms with van der Waals surface area (Å²) >= 11 is 5.40. The first-order chi connectivity index (χ1) is 6.85. The Morgan fingerprint density at radius 2 is 2.00 bits per heavy atom. The van der Waals surface area contributed by atoms with E-state index in [9.17, 15) is 18.0 Å². The van der Waals surface area contributed by atoms with Gasteiger partial charge >= 0.3 is 6.18 Å². The number of hydrogen-bond acceptors (Lipinski definition) is 1. The summed E-state index contributed by atoms with van der Waals surface area (Å²) in [5.41, 5.74) is 0. The third-order valence-corrected chi connectivity index (χ3v) is 2.00. The van der Waals surface area contributed by atoms with E-state index in [2.05, 4.69) is 5.32 Å². The van der Waals surface area contributed by atoms with Crippen molar-refractivity contribution in [1.29, 1.82) is 0 Å². The predicted molar refractivity (Wildman–Crippen MR) is 52.8 cm³/mol. The zero-order valence-corrected chi connectivity index (χ0v) is 9.29. The molecule has 0 aliphatic heterocycles. The van der Waals surface area contributed by atoms with Gasteiger partial charge < -0.3 is 5.32 Å². The zero-order valence-electron chi connectivity index (χ0n) is 8.53. The number of alkyl halides is 4. The minimum Gasteiger partial charge on any atom is -0.353 e. The minimum atomic E-state index is -4.23. The van der Waals surface area contributed by atoms with Crippen LogP contribution in [0.2, 0.25) is 0 Å². The van der Waals surface area contributed by atoms with Gasteiger partial charge in [-0.15, -0.1) is 11.6 Å². The summed E-state index contributed by atoms with van der Waals surface area (Å²) in [5.74, 6) is 0.114. The summed E-state index contributed by atoms with van der Waals surface area (Å²) in [4.78, 5) is 11.1. The van der Waals surface area contributed by atoms with Gasteiger partial charge in [0, 0.05) is 18.3 Å². The monoisotopic (exact) mass is 245 g/mol. The molecule has 1 N–H and O–H groups in total. The van der Waals surface area contributed by atoms with Crippen molar-refractivity contribution in [2.24, 2.45) is 0 Å². The molecule has 0 rings (SSSR count). The van der Waals surface area contributed by atoms with Crippen LogP contribution in [0.3, 0.4) is 0 Å². The van der Waals surface area contributed by atoms with E-state index in [0.717, 1.165) is 0 Å². The van der Waals surface area contributed by atoms with Crippen LogP contribution in [0.4, 0.5) is 13.2 Å². The number of carbonyl (C=O) groups is 1. The van der Waals surface area contributed by atoms with Gasteiger partial charge in [-0.25, -0.2) is 0 Å². The molecule has 0 bridgehead atoms. The second-order valence-electron chi connectivity index (χ2n) is 3.43. The van der Waals surface area contributed by atoms with Crippen molar-refractivity contribution in [1.82, 2.24) is 5.32 Å². The van der Waals surface area contributed by atoms with Crippen molar-refractivity contribution in [3.05, 3.63) is 0 Å². The van der Waals surface area contributed by atoms with E-state index in [1.807, 2.05) is 0 Å². The minimum absolute atomic E-state index is 0.231. The van der Waals surface area contributed by atoms with Gasteiger partial charge in [-0.2, -0.15) is 13.2 Å². The van der Waals surface area contributed by atoms with Crippen molar-refractivity contribution in [3.8, 4) is 0 Å². The fraction of sp³-hybridized carbons (Fsp3) is 0.889. The van der Waals surface area contributed by atoms with E-state index in [-0.39, 0.29) is 12.3 Å². The summed E-state index contributed by atoms with van der Waals surface area (Å²) in [6, 6.07) is -0.867. The van der Waals surface area contributed by atoms with Gasteiger partial charge in [0.1, 0.15) is 0 Å². The Kier molecular flexibility index (Phi) is 6.72. The molecule has 0 aromatic heterocycles. The Labute approximate surface area is 92.2 Å². The molecule has 1 atom stereocenters. The van der Waals surface area contributed by atoms with E-state index in [1.165, 1.54) is 6.92 Å². The number of hydrogen-bond donors (Lipinski definition) is 1. The molecule has 1 amide bonds. The third kappa shape index (κ3) is 9.85. The molecule has 0 aliphatic rings. The summed E-state index contributed by atoms with van der Waals surface area (Å²) in [6.45, 7) is 1.34. The summed E-state index contributed by atoms with van der Waals surface area (Å²) in [5, 5.41) is 2.29. The molecule has 0 aromatic carbocycles. The van der Waals surface area contributed by atoms with Gasteiger partial charge in [0.05, 0.1) is 6.42 Å². The van der Waals surface area contributed by atoms with Crippen LogP contribution in [0.1, 0.15) is 32.6 Å². The van der Waals surface area contributed by atoms with E-state index < -0.39 is 18.6 Å². The van der Waals surface area contributed by atoms with Gasteiger partial charge in [-0.05, 0) is 19.8 Å². The average Bonchev–Trinajstić information content (AvgIpc) is 2.00. The molecule has 6 heteroatoms. The van der Waals surface area contributed by atoms with Crippen molar-refractivity contribution >= 4 is 17.5 Å².